The maximum absolute atomic E-state index is 13.3. The van der Waals surface area contributed by atoms with Gasteiger partial charge in [0.05, 0.1) is 37.4 Å². The Labute approximate surface area is 191 Å². The molecule has 1 atom stereocenters. The Morgan fingerprint density at radius 3 is 2.53 bits per heavy atom. The number of hydrazone groups is 1. The number of likely N-dealkylation sites (tertiary alicyclic amines) is 1. The molecule has 9 heteroatoms. The second-order valence-corrected chi connectivity index (χ2v) is 9.00. The molecule has 0 bridgehead atoms. The van der Waals surface area contributed by atoms with Gasteiger partial charge in [-0.2, -0.15) is 5.10 Å². The van der Waals surface area contributed by atoms with Gasteiger partial charge in [0, 0.05) is 12.3 Å². The Balaban J connectivity index is 1.55. The molecule has 32 heavy (non-hydrogen) atoms. The summed E-state index contributed by atoms with van der Waals surface area (Å²) in [6.07, 6.45) is 2.00. The summed E-state index contributed by atoms with van der Waals surface area (Å²) in [5.74, 6) is 0.846. The van der Waals surface area contributed by atoms with Crippen molar-refractivity contribution in [3.05, 3.63) is 46.2 Å². The zero-order valence-electron chi connectivity index (χ0n) is 18.3. The number of ether oxygens (including phenoxy) is 2. The predicted octanol–water partition coefficient (Wildman–Crippen LogP) is 2.64. The number of nitrogens with two attached hydrogens (primary N) is 1. The zero-order chi connectivity index (χ0) is 22.7. The summed E-state index contributed by atoms with van der Waals surface area (Å²) in [5, 5.41) is 8.35. The van der Waals surface area contributed by atoms with Crippen molar-refractivity contribution in [3.63, 3.8) is 0 Å². The predicted molar refractivity (Wildman–Crippen MR) is 123 cm³/mol. The molecular weight excluding hydrogens is 428 g/mol. The van der Waals surface area contributed by atoms with Crippen molar-refractivity contribution in [2.75, 3.05) is 33.9 Å². The molecule has 1 fully saturated rings. The molecule has 1 unspecified atom stereocenters. The van der Waals surface area contributed by atoms with Crippen molar-refractivity contribution < 1.29 is 19.1 Å². The molecule has 170 valence electrons. The fourth-order valence-corrected chi connectivity index (χ4v) is 5.01. The highest BCUT2D eigenvalue weighted by molar-refractivity contribution is 7.12. The Hall–Kier alpha value is -2.91. The minimum Gasteiger partial charge on any atom is -0.493 e. The van der Waals surface area contributed by atoms with Crippen LogP contribution in [0.4, 0.5) is 0 Å². The zero-order valence-corrected chi connectivity index (χ0v) is 19.1. The molecule has 1 aromatic carbocycles. The van der Waals surface area contributed by atoms with E-state index in [1.807, 2.05) is 35.7 Å². The van der Waals surface area contributed by atoms with Crippen LogP contribution in [0.25, 0.3) is 0 Å². The number of benzene rings is 1. The minimum absolute atomic E-state index is 0.0612. The number of piperidine rings is 1. The first-order valence-electron chi connectivity index (χ1n) is 10.7. The van der Waals surface area contributed by atoms with Gasteiger partial charge in [-0.05, 0) is 55.1 Å². The van der Waals surface area contributed by atoms with Crippen LogP contribution in [0.15, 0.2) is 40.8 Å². The number of thiophene rings is 1. The molecule has 0 radical (unpaired) electrons. The molecule has 0 saturated carbocycles. The molecule has 0 spiro atoms. The number of nitrogens with zero attached hydrogens (tertiary/aromatic N) is 3. The van der Waals surface area contributed by atoms with Crippen molar-refractivity contribution in [2.24, 2.45) is 16.8 Å². The van der Waals surface area contributed by atoms with Gasteiger partial charge in [-0.3, -0.25) is 14.5 Å². The fraction of sp³-hybridized carbons (Fsp3) is 0.435. The van der Waals surface area contributed by atoms with E-state index in [2.05, 4.69) is 4.90 Å². The molecular formula is C23H28N4O4S. The van der Waals surface area contributed by atoms with E-state index in [-0.39, 0.29) is 30.3 Å². The first kappa shape index (κ1) is 22.3. The van der Waals surface area contributed by atoms with Gasteiger partial charge < -0.3 is 15.2 Å². The summed E-state index contributed by atoms with van der Waals surface area (Å²) in [4.78, 5) is 27.9. The highest BCUT2D eigenvalue weighted by atomic mass is 32.1. The minimum atomic E-state index is -0.255. The van der Waals surface area contributed by atoms with Gasteiger partial charge in [-0.1, -0.05) is 12.1 Å². The summed E-state index contributed by atoms with van der Waals surface area (Å²) in [7, 11) is 3.20. The van der Waals surface area contributed by atoms with Gasteiger partial charge in [-0.25, -0.2) is 5.01 Å². The van der Waals surface area contributed by atoms with Crippen LogP contribution in [0, 0.1) is 5.92 Å². The summed E-state index contributed by atoms with van der Waals surface area (Å²) in [5.41, 5.74) is 7.28. The molecule has 2 aromatic rings. The van der Waals surface area contributed by atoms with Crippen molar-refractivity contribution in [2.45, 2.75) is 25.3 Å². The SMILES string of the molecule is COc1ccc(C2CC(c3cccs3)=NN2C(=O)CN2CCC(C(N)=O)CC2)cc1OC. The molecule has 2 aliphatic heterocycles. The molecule has 2 aliphatic rings. The van der Waals surface area contributed by atoms with Crippen LogP contribution < -0.4 is 15.2 Å². The normalized spacial score (nSPS) is 19.6. The number of methoxy groups -OCH3 is 2. The quantitative estimate of drug-likeness (QED) is 0.691. The first-order valence-corrected chi connectivity index (χ1v) is 11.5. The first-order chi connectivity index (χ1) is 15.5. The number of carbonyl (C=O) groups excluding carboxylic acids is 2. The Bertz CT molecular complexity index is 999. The monoisotopic (exact) mass is 456 g/mol. The summed E-state index contributed by atoms with van der Waals surface area (Å²) in [6.45, 7) is 1.61. The number of hydrogen-bond acceptors (Lipinski definition) is 7. The second kappa shape index (κ2) is 9.70. The highest BCUT2D eigenvalue weighted by Crippen LogP contribution is 2.38. The molecule has 2 amide bonds. The summed E-state index contributed by atoms with van der Waals surface area (Å²) >= 11 is 1.62. The lowest BCUT2D eigenvalue weighted by atomic mass is 9.96. The Kier molecular flexibility index (Phi) is 6.76. The lowest BCUT2D eigenvalue weighted by molar-refractivity contribution is -0.134. The molecule has 3 heterocycles. The molecule has 0 aliphatic carbocycles. The van der Waals surface area contributed by atoms with Crippen LogP contribution in [-0.4, -0.2) is 61.3 Å². The van der Waals surface area contributed by atoms with Gasteiger partial charge in [0.2, 0.25) is 5.91 Å². The van der Waals surface area contributed by atoms with Crippen molar-refractivity contribution in [1.82, 2.24) is 9.91 Å². The van der Waals surface area contributed by atoms with Gasteiger partial charge in [0.15, 0.2) is 11.5 Å². The van der Waals surface area contributed by atoms with Crippen LogP contribution >= 0.6 is 11.3 Å². The van der Waals surface area contributed by atoms with Crippen LogP contribution in [0.3, 0.4) is 0 Å². The topological polar surface area (TPSA) is 97.5 Å². The second-order valence-electron chi connectivity index (χ2n) is 8.05. The Morgan fingerprint density at radius 1 is 1.16 bits per heavy atom. The van der Waals surface area contributed by atoms with E-state index < -0.39 is 0 Å². The van der Waals surface area contributed by atoms with Crippen molar-refractivity contribution in [1.29, 1.82) is 0 Å². The van der Waals surface area contributed by atoms with Crippen LogP contribution in [-0.2, 0) is 9.59 Å². The van der Waals surface area contributed by atoms with Crippen LogP contribution in [0.2, 0.25) is 0 Å². The average molecular weight is 457 g/mol. The number of carbonyl (C=O) groups is 2. The van der Waals surface area contributed by atoms with E-state index in [1.54, 1.807) is 30.6 Å². The van der Waals surface area contributed by atoms with Gasteiger partial charge >= 0.3 is 0 Å². The van der Waals surface area contributed by atoms with Gasteiger partial charge in [0.25, 0.3) is 5.91 Å². The number of rotatable bonds is 7. The molecule has 1 saturated heterocycles. The van der Waals surface area contributed by atoms with E-state index >= 15 is 0 Å². The third-order valence-electron chi connectivity index (χ3n) is 6.11. The van der Waals surface area contributed by atoms with Crippen LogP contribution in [0.1, 0.15) is 35.7 Å². The maximum atomic E-state index is 13.3. The van der Waals surface area contributed by atoms with E-state index in [1.165, 1.54) is 0 Å². The standard InChI is InChI=1S/C23H28N4O4S/c1-30-19-6-5-16(12-20(19)31-2)18-13-17(21-4-3-11-32-21)25-27(18)22(28)14-26-9-7-15(8-10-26)23(24)29/h3-6,11-12,15,18H,7-10,13-14H2,1-2H3,(H2,24,29). The molecule has 4 rings (SSSR count). The lowest BCUT2D eigenvalue weighted by Crippen LogP contribution is -2.44. The van der Waals surface area contributed by atoms with Crippen molar-refractivity contribution >= 4 is 28.9 Å². The fourth-order valence-electron chi connectivity index (χ4n) is 4.29. The van der Waals surface area contributed by atoms with E-state index in [0.717, 1.165) is 16.2 Å². The molecule has 8 nitrogen and oxygen atoms in total. The van der Waals surface area contributed by atoms with Crippen LogP contribution in [0.5, 0.6) is 11.5 Å². The lowest BCUT2D eigenvalue weighted by Gasteiger charge is -2.31. The summed E-state index contributed by atoms with van der Waals surface area (Å²) < 4.78 is 10.8. The Morgan fingerprint density at radius 2 is 1.91 bits per heavy atom. The molecule has 2 N–H and O–H groups in total. The maximum Gasteiger partial charge on any atom is 0.257 e. The van der Waals surface area contributed by atoms with Crippen molar-refractivity contribution in [3.8, 4) is 11.5 Å². The third kappa shape index (κ3) is 4.63. The third-order valence-corrected chi connectivity index (χ3v) is 7.03. The van der Waals surface area contributed by atoms with E-state index in [9.17, 15) is 9.59 Å². The largest absolute Gasteiger partial charge is 0.493 e. The summed E-state index contributed by atoms with van der Waals surface area (Å²) in [6, 6.07) is 9.52. The number of hydrogen-bond donors (Lipinski definition) is 1. The highest BCUT2D eigenvalue weighted by Gasteiger charge is 2.35. The number of amides is 2. The van der Waals surface area contributed by atoms with Gasteiger partial charge in [-0.15, -0.1) is 11.3 Å². The smallest absolute Gasteiger partial charge is 0.257 e. The molecule has 1 aromatic heterocycles. The van der Waals surface area contributed by atoms with E-state index in [4.69, 9.17) is 20.3 Å². The number of primary amides is 1. The van der Waals surface area contributed by atoms with E-state index in [0.29, 0.717) is 43.9 Å². The van der Waals surface area contributed by atoms with Gasteiger partial charge in [0.1, 0.15) is 0 Å². The average Bonchev–Trinajstić information content (AvgIpc) is 3.49.